The molecule has 0 aliphatic rings. The Hall–Kier alpha value is -2.14. The van der Waals surface area contributed by atoms with E-state index in [2.05, 4.69) is 48.1 Å². The van der Waals surface area contributed by atoms with E-state index in [1.165, 1.54) is 11.1 Å². The molecule has 1 unspecified atom stereocenters. The predicted molar refractivity (Wildman–Crippen MR) is 86.5 cm³/mol. The lowest BCUT2D eigenvalue weighted by atomic mass is 10.1. The van der Waals surface area contributed by atoms with Crippen LogP contribution in [0.5, 0.6) is 5.88 Å². The number of pyridine rings is 1. The summed E-state index contributed by atoms with van der Waals surface area (Å²) >= 11 is 5.46. The molecule has 5 heteroatoms. The van der Waals surface area contributed by atoms with Gasteiger partial charge in [0.15, 0.2) is 10.4 Å². The van der Waals surface area contributed by atoms with Crippen LogP contribution in [-0.2, 0) is 0 Å². The molecule has 21 heavy (non-hydrogen) atoms. The van der Waals surface area contributed by atoms with Crippen LogP contribution < -0.4 is 4.74 Å². The van der Waals surface area contributed by atoms with Gasteiger partial charge < -0.3 is 9.72 Å². The van der Waals surface area contributed by atoms with Gasteiger partial charge >= 0.3 is 0 Å². The Morgan fingerprint density at radius 1 is 1.19 bits per heavy atom. The van der Waals surface area contributed by atoms with Gasteiger partial charge in [-0.05, 0) is 37.7 Å². The number of rotatable bonds is 3. The molecule has 0 saturated heterocycles. The quantitative estimate of drug-likeness (QED) is 0.743. The van der Waals surface area contributed by atoms with Gasteiger partial charge in [0.05, 0.1) is 18.7 Å². The van der Waals surface area contributed by atoms with Crippen molar-refractivity contribution in [2.24, 2.45) is 0 Å². The summed E-state index contributed by atoms with van der Waals surface area (Å²) in [6.45, 7) is 4.20. The average Bonchev–Trinajstić information content (AvgIpc) is 2.82. The van der Waals surface area contributed by atoms with Crippen LogP contribution in [0.3, 0.4) is 0 Å². The first-order valence-electron chi connectivity index (χ1n) is 6.82. The molecule has 1 N–H and O–H groups in total. The van der Waals surface area contributed by atoms with E-state index >= 15 is 0 Å². The molecule has 0 spiro atoms. The van der Waals surface area contributed by atoms with Crippen molar-refractivity contribution in [3.8, 4) is 5.88 Å². The standard InChI is InChI=1S/C16H17N3OS/c1-10-4-6-12(7-5-10)11(2)19-15-13(17-16(19)21)8-9-14(18-15)20-3/h4-9,11H,1-3H3,(H,17,21). The van der Waals surface area contributed by atoms with Gasteiger partial charge in [-0.3, -0.25) is 4.57 Å². The highest BCUT2D eigenvalue weighted by Crippen LogP contribution is 2.25. The molecule has 0 saturated carbocycles. The molecule has 0 amide bonds. The zero-order valence-corrected chi connectivity index (χ0v) is 13.1. The first-order valence-corrected chi connectivity index (χ1v) is 7.23. The number of benzene rings is 1. The van der Waals surface area contributed by atoms with Gasteiger partial charge in [-0.25, -0.2) is 0 Å². The molecule has 108 valence electrons. The average molecular weight is 299 g/mol. The number of ether oxygens (including phenoxy) is 1. The molecule has 1 aromatic carbocycles. The topological polar surface area (TPSA) is 42.8 Å². The van der Waals surface area contributed by atoms with Crippen LogP contribution in [0.4, 0.5) is 0 Å². The van der Waals surface area contributed by atoms with Crippen molar-refractivity contribution in [2.75, 3.05) is 7.11 Å². The van der Waals surface area contributed by atoms with Crippen LogP contribution in [-0.4, -0.2) is 21.6 Å². The van der Waals surface area contributed by atoms with Gasteiger partial charge in [-0.2, -0.15) is 4.98 Å². The predicted octanol–water partition coefficient (Wildman–Crippen LogP) is 4.02. The lowest BCUT2D eigenvalue weighted by Crippen LogP contribution is -2.07. The molecule has 0 fully saturated rings. The summed E-state index contributed by atoms with van der Waals surface area (Å²) < 4.78 is 7.91. The van der Waals surface area contributed by atoms with E-state index in [-0.39, 0.29) is 6.04 Å². The highest BCUT2D eigenvalue weighted by molar-refractivity contribution is 7.71. The van der Waals surface area contributed by atoms with E-state index in [1.54, 1.807) is 7.11 Å². The molecule has 1 atom stereocenters. The summed E-state index contributed by atoms with van der Waals surface area (Å²) in [5, 5.41) is 0. The Bertz CT molecular complexity index is 833. The van der Waals surface area contributed by atoms with E-state index in [0.717, 1.165) is 11.2 Å². The van der Waals surface area contributed by atoms with Crippen LogP contribution in [0.15, 0.2) is 36.4 Å². The third-order valence-electron chi connectivity index (χ3n) is 3.69. The van der Waals surface area contributed by atoms with Crippen LogP contribution in [0.2, 0.25) is 0 Å². The molecule has 2 aromatic heterocycles. The monoisotopic (exact) mass is 299 g/mol. The van der Waals surface area contributed by atoms with Crippen molar-refractivity contribution in [1.82, 2.24) is 14.5 Å². The number of nitrogens with one attached hydrogen (secondary N) is 1. The van der Waals surface area contributed by atoms with Gasteiger partial charge in [-0.15, -0.1) is 0 Å². The number of H-pyrrole nitrogens is 1. The van der Waals surface area contributed by atoms with Crippen molar-refractivity contribution < 1.29 is 4.74 Å². The molecule has 0 aliphatic heterocycles. The Morgan fingerprint density at radius 3 is 2.57 bits per heavy atom. The zero-order chi connectivity index (χ0) is 15.0. The number of aromatic amines is 1. The van der Waals surface area contributed by atoms with Crippen LogP contribution in [0.1, 0.15) is 24.1 Å². The van der Waals surface area contributed by atoms with Gasteiger partial charge in [0.2, 0.25) is 5.88 Å². The summed E-state index contributed by atoms with van der Waals surface area (Å²) in [5.74, 6) is 0.585. The first kappa shape index (κ1) is 13.8. The molecular weight excluding hydrogens is 282 g/mol. The van der Waals surface area contributed by atoms with Gasteiger partial charge in [0, 0.05) is 6.07 Å². The van der Waals surface area contributed by atoms with Crippen LogP contribution in [0, 0.1) is 11.7 Å². The van der Waals surface area contributed by atoms with E-state index < -0.39 is 0 Å². The van der Waals surface area contributed by atoms with Crippen molar-refractivity contribution in [3.63, 3.8) is 0 Å². The van der Waals surface area contributed by atoms with Gasteiger partial charge in [-0.1, -0.05) is 29.8 Å². The Balaban J connectivity index is 2.16. The summed E-state index contributed by atoms with van der Waals surface area (Å²) in [6.07, 6.45) is 0. The molecule has 0 radical (unpaired) electrons. The Kier molecular flexibility index (Phi) is 3.51. The van der Waals surface area contributed by atoms with E-state index in [4.69, 9.17) is 17.0 Å². The second kappa shape index (κ2) is 5.33. The van der Waals surface area contributed by atoms with E-state index in [9.17, 15) is 0 Å². The lowest BCUT2D eigenvalue weighted by Gasteiger charge is -2.15. The summed E-state index contributed by atoms with van der Waals surface area (Å²) in [5.41, 5.74) is 4.17. The second-order valence-electron chi connectivity index (χ2n) is 5.11. The molecule has 3 rings (SSSR count). The molecule has 0 bridgehead atoms. The van der Waals surface area contributed by atoms with Crippen LogP contribution in [0.25, 0.3) is 11.2 Å². The van der Waals surface area contributed by atoms with E-state index in [1.807, 2.05) is 16.7 Å². The maximum Gasteiger partial charge on any atom is 0.215 e. The fourth-order valence-corrected chi connectivity index (χ4v) is 2.81. The highest BCUT2D eigenvalue weighted by Gasteiger charge is 2.14. The highest BCUT2D eigenvalue weighted by atomic mass is 32.1. The fraction of sp³-hybridized carbons (Fsp3) is 0.250. The van der Waals surface area contributed by atoms with Gasteiger partial charge in [0.25, 0.3) is 0 Å². The Labute approximate surface area is 128 Å². The summed E-state index contributed by atoms with van der Waals surface area (Å²) in [7, 11) is 1.61. The van der Waals surface area contributed by atoms with Crippen molar-refractivity contribution in [1.29, 1.82) is 0 Å². The third-order valence-corrected chi connectivity index (χ3v) is 3.99. The number of aromatic nitrogens is 3. The maximum atomic E-state index is 5.46. The van der Waals surface area contributed by atoms with Crippen LogP contribution >= 0.6 is 12.2 Å². The molecular formula is C16H17N3OS. The minimum atomic E-state index is 0.103. The number of hydrogen-bond acceptors (Lipinski definition) is 3. The zero-order valence-electron chi connectivity index (χ0n) is 12.3. The molecule has 0 aliphatic carbocycles. The largest absolute Gasteiger partial charge is 0.481 e. The minimum Gasteiger partial charge on any atom is -0.481 e. The summed E-state index contributed by atoms with van der Waals surface area (Å²) in [6, 6.07) is 12.3. The Morgan fingerprint density at radius 2 is 1.90 bits per heavy atom. The van der Waals surface area contributed by atoms with E-state index in [0.29, 0.717) is 10.7 Å². The number of fused-ring (bicyclic) bond motifs is 1. The van der Waals surface area contributed by atoms with Crippen molar-refractivity contribution >= 4 is 23.4 Å². The molecule has 3 aromatic rings. The smallest absolute Gasteiger partial charge is 0.215 e. The first-order chi connectivity index (χ1) is 10.1. The second-order valence-corrected chi connectivity index (χ2v) is 5.50. The molecule has 2 heterocycles. The minimum absolute atomic E-state index is 0.103. The number of hydrogen-bond donors (Lipinski definition) is 1. The normalized spacial score (nSPS) is 12.5. The molecule has 4 nitrogen and oxygen atoms in total. The fourth-order valence-electron chi connectivity index (χ4n) is 2.45. The summed E-state index contributed by atoms with van der Waals surface area (Å²) in [4.78, 5) is 7.72. The van der Waals surface area contributed by atoms with Gasteiger partial charge in [0.1, 0.15) is 0 Å². The number of imidazole rings is 1. The number of methoxy groups -OCH3 is 1. The number of nitrogens with zero attached hydrogens (tertiary/aromatic N) is 2. The third kappa shape index (κ3) is 2.45. The SMILES string of the molecule is COc1ccc2[nH]c(=S)n(C(C)c3ccc(C)cc3)c2n1. The number of aryl methyl sites for hydroxylation is 1. The maximum absolute atomic E-state index is 5.46. The van der Waals surface area contributed by atoms with Crippen molar-refractivity contribution in [2.45, 2.75) is 19.9 Å². The van der Waals surface area contributed by atoms with Crippen molar-refractivity contribution in [3.05, 3.63) is 52.3 Å². The lowest BCUT2D eigenvalue weighted by molar-refractivity contribution is 0.398.